The molecule has 3 rings (SSSR count). The molecular weight excluding hydrogens is 353 g/mol. The largest absolute Gasteiger partial charge is 0.381 e. The minimum absolute atomic E-state index is 0.473. The lowest BCUT2D eigenvalue weighted by molar-refractivity contribution is 0.0835. The van der Waals surface area contributed by atoms with Crippen molar-refractivity contribution in [1.82, 2.24) is 9.97 Å². The van der Waals surface area contributed by atoms with Gasteiger partial charge in [0.2, 0.25) is 0 Å². The number of ether oxygens (including phenoxy) is 1. The maximum Gasteiger partial charge on any atom is 0.143 e. The molecule has 4 nitrogen and oxygen atoms in total. The molecule has 1 saturated heterocycles. The fourth-order valence-corrected chi connectivity index (χ4v) is 3.40. The Labute approximate surface area is 127 Å². The summed E-state index contributed by atoms with van der Waals surface area (Å²) in [6.45, 7) is 4.71. The van der Waals surface area contributed by atoms with Crippen LogP contribution in [0.25, 0.3) is 0 Å². The van der Waals surface area contributed by atoms with E-state index in [1.54, 1.807) is 0 Å². The van der Waals surface area contributed by atoms with E-state index in [0.717, 1.165) is 44.2 Å². The summed E-state index contributed by atoms with van der Waals surface area (Å²) in [6.07, 6.45) is 4.67. The maximum atomic E-state index is 5.44. The molecule has 0 aromatic carbocycles. The molecule has 104 valence electrons. The van der Waals surface area contributed by atoms with Gasteiger partial charge in [0.1, 0.15) is 11.6 Å². The second-order valence-electron chi connectivity index (χ2n) is 5.32. The number of halogens is 1. The number of anilines is 1. The Bertz CT molecular complexity index is 456. The van der Waals surface area contributed by atoms with Crippen LogP contribution in [0.1, 0.15) is 56.0 Å². The molecule has 0 spiro atoms. The number of rotatable bonds is 4. The Morgan fingerprint density at radius 3 is 2.53 bits per heavy atom. The van der Waals surface area contributed by atoms with Crippen molar-refractivity contribution in [2.75, 3.05) is 25.1 Å². The lowest BCUT2D eigenvalue weighted by atomic mass is 9.99. The summed E-state index contributed by atoms with van der Waals surface area (Å²) < 4.78 is 6.66. The van der Waals surface area contributed by atoms with Gasteiger partial charge in [-0.3, -0.25) is 0 Å². The second kappa shape index (κ2) is 5.91. The van der Waals surface area contributed by atoms with E-state index in [1.165, 1.54) is 22.1 Å². The van der Waals surface area contributed by atoms with Crippen LogP contribution in [0.5, 0.6) is 0 Å². The van der Waals surface area contributed by atoms with Crippen molar-refractivity contribution >= 4 is 28.4 Å². The Balaban J connectivity index is 1.93. The Kier molecular flexibility index (Phi) is 4.21. The highest BCUT2D eigenvalue weighted by atomic mass is 127. The second-order valence-corrected chi connectivity index (χ2v) is 6.40. The van der Waals surface area contributed by atoms with Crippen molar-refractivity contribution in [2.24, 2.45) is 0 Å². The molecule has 0 radical (unpaired) electrons. The van der Waals surface area contributed by atoms with Crippen LogP contribution < -0.4 is 5.32 Å². The molecule has 1 aromatic heterocycles. The monoisotopic (exact) mass is 373 g/mol. The fraction of sp³-hybridized carbons (Fsp3) is 0.714. The van der Waals surface area contributed by atoms with E-state index >= 15 is 0 Å². The first-order chi connectivity index (χ1) is 9.29. The molecule has 19 heavy (non-hydrogen) atoms. The topological polar surface area (TPSA) is 47.0 Å². The quantitative estimate of drug-likeness (QED) is 0.823. The van der Waals surface area contributed by atoms with Gasteiger partial charge in [-0.1, -0.05) is 0 Å². The first-order valence-corrected chi connectivity index (χ1v) is 8.26. The summed E-state index contributed by atoms with van der Waals surface area (Å²) in [5, 5.41) is 3.39. The Morgan fingerprint density at radius 2 is 1.89 bits per heavy atom. The highest BCUT2D eigenvalue weighted by Crippen LogP contribution is 2.43. The SMILES string of the molecule is CCNc1nc(C2CCOCC2)nc(C2CC2)c1I. The van der Waals surface area contributed by atoms with Crippen LogP contribution in [0.2, 0.25) is 0 Å². The number of hydrogen-bond acceptors (Lipinski definition) is 4. The minimum atomic E-state index is 0.473. The molecule has 1 N–H and O–H groups in total. The van der Waals surface area contributed by atoms with E-state index in [9.17, 15) is 0 Å². The van der Waals surface area contributed by atoms with Gasteiger partial charge in [0, 0.05) is 31.6 Å². The van der Waals surface area contributed by atoms with E-state index < -0.39 is 0 Å². The molecule has 2 aliphatic rings. The molecule has 0 amide bonds. The van der Waals surface area contributed by atoms with Crippen molar-refractivity contribution in [3.05, 3.63) is 15.1 Å². The third kappa shape index (κ3) is 3.02. The van der Waals surface area contributed by atoms with Gasteiger partial charge < -0.3 is 10.1 Å². The zero-order valence-electron chi connectivity index (χ0n) is 11.3. The lowest BCUT2D eigenvalue weighted by Crippen LogP contribution is -2.18. The van der Waals surface area contributed by atoms with E-state index in [0.29, 0.717) is 11.8 Å². The van der Waals surface area contributed by atoms with Gasteiger partial charge in [0.05, 0.1) is 9.26 Å². The van der Waals surface area contributed by atoms with Crippen LogP contribution in [0.4, 0.5) is 5.82 Å². The smallest absolute Gasteiger partial charge is 0.143 e. The highest BCUT2D eigenvalue weighted by molar-refractivity contribution is 14.1. The van der Waals surface area contributed by atoms with Gasteiger partial charge in [-0.15, -0.1) is 0 Å². The molecule has 1 aromatic rings. The minimum Gasteiger partial charge on any atom is -0.381 e. The molecule has 1 aliphatic heterocycles. The summed E-state index contributed by atoms with van der Waals surface area (Å²) in [6, 6.07) is 0. The summed E-state index contributed by atoms with van der Waals surface area (Å²) in [4.78, 5) is 9.66. The van der Waals surface area contributed by atoms with Crippen molar-refractivity contribution < 1.29 is 4.74 Å². The number of nitrogens with zero attached hydrogens (tertiary/aromatic N) is 2. The molecule has 2 fully saturated rings. The van der Waals surface area contributed by atoms with Gasteiger partial charge in [0.15, 0.2) is 0 Å². The Morgan fingerprint density at radius 1 is 1.16 bits per heavy atom. The fourth-order valence-electron chi connectivity index (χ4n) is 2.53. The van der Waals surface area contributed by atoms with E-state index in [2.05, 4.69) is 34.8 Å². The van der Waals surface area contributed by atoms with Gasteiger partial charge in [-0.05, 0) is 55.2 Å². The zero-order valence-corrected chi connectivity index (χ0v) is 13.4. The standard InChI is InChI=1S/C14H20IN3O/c1-2-16-14-11(15)12(9-3-4-9)17-13(18-14)10-5-7-19-8-6-10/h9-10H,2-8H2,1H3,(H,16,17,18). The van der Waals surface area contributed by atoms with E-state index in [-0.39, 0.29) is 0 Å². The predicted octanol–water partition coefficient (Wildman–Crippen LogP) is 3.28. The first kappa shape index (κ1) is 13.5. The molecule has 0 bridgehead atoms. The number of aromatic nitrogens is 2. The summed E-state index contributed by atoms with van der Waals surface area (Å²) >= 11 is 2.39. The third-order valence-corrected chi connectivity index (χ3v) is 4.85. The average Bonchev–Trinajstić information content (AvgIpc) is 3.27. The van der Waals surface area contributed by atoms with Crippen LogP contribution in [0.15, 0.2) is 0 Å². The van der Waals surface area contributed by atoms with Crippen molar-refractivity contribution in [1.29, 1.82) is 0 Å². The van der Waals surface area contributed by atoms with Crippen LogP contribution >= 0.6 is 22.6 Å². The van der Waals surface area contributed by atoms with E-state index in [1.807, 2.05) is 0 Å². The summed E-state index contributed by atoms with van der Waals surface area (Å²) in [5.74, 6) is 3.20. The average molecular weight is 373 g/mol. The van der Waals surface area contributed by atoms with Gasteiger partial charge in [0.25, 0.3) is 0 Å². The predicted molar refractivity (Wildman–Crippen MR) is 83.7 cm³/mol. The van der Waals surface area contributed by atoms with Crippen molar-refractivity contribution in [3.63, 3.8) is 0 Å². The molecule has 5 heteroatoms. The van der Waals surface area contributed by atoms with Crippen LogP contribution in [-0.2, 0) is 4.74 Å². The molecule has 0 unspecified atom stereocenters. The van der Waals surface area contributed by atoms with Gasteiger partial charge in [-0.2, -0.15) is 0 Å². The third-order valence-electron chi connectivity index (χ3n) is 3.79. The lowest BCUT2D eigenvalue weighted by Gasteiger charge is -2.22. The van der Waals surface area contributed by atoms with Crippen LogP contribution in [0.3, 0.4) is 0 Å². The van der Waals surface area contributed by atoms with E-state index in [4.69, 9.17) is 14.7 Å². The molecule has 1 saturated carbocycles. The number of hydrogen-bond donors (Lipinski definition) is 1. The van der Waals surface area contributed by atoms with Gasteiger partial charge in [-0.25, -0.2) is 9.97 Å². The zero-order chi connectivity index (χ0) is 13.2. The first-order valence-electron chi connectivity index (χ1n) is 7.18. The van der Waals surface area contributed by atoms with Crippen LogP contribution in [-0.4, -0.2) is 29.7 Å². The molecule has 0 atom stereocenters. The summed E-state index contributed by atoms with van der Waals surface area (Å²) in [5.41, 5.74) is 1.27. The summed E-state index contributed by atoms with van der Waals surface area (Å²) in [7, 11) is 0. The number of nitrogens with one attached hydrogen (secondary N) is 1. The molecule has 1 aliphatic carbocycles. The van der Waals surface area contributed by atoms with Crippen LogP contribution in [0, 0.1) is 3.57 Å². The van der Waals surface area contributed by atoms with Crippen molar-refractivity contribution in [3.8, 4) is 0 Å². The Hall–Kier alpha value is -0.430. The molecule has 2 heterocycles. The van der Waals surface area contributed by atoms with Crippen molar-refractivity contribution in [2.45, 2.75) is 44.4 Å². The maximum absolute atomic E-state index is 5.44. The van der Waals surface area contributed by atoms with Gasteiger partial charge >= 0.3 is 0 Å². The highest BCUT2D eigenvalue weighted by Gasteiger charge is 2.30. The molecular formula is C14H20IN3O. The normalized spacial score (nSPS) is 20.5.